The van der Waals surface area contributed by atoms with Gasteiger partial charge in [-0.15, -0.1) is 0 Å². The Kier molecular flexibility index (Phi) is 5.38. The van der Waals surface area contributed by atoms with E-state index in [1.165, 1.54) is 0 Å². The molecule has 2 N–H and O–H groups in total. The Morgan fingerprint density at radius 1 is 1.44 bits per heavy atom. The lowest BCUT2D eigenvalue weighted by molar-refractivity contribution is 0.307. The van der Waals surface area contributed by atoms with Crippen LogP contribution in [0.5, 0.6) is 5.75 Å². The van der Waals surface area contributed by atoms with Gasteiger partial charge in [-0.1, -0.05) is 12.1 Å². The molecule has 0 aromatic heterocycles. The molecule has 0 saturated heterocycles. The lowest BCUT2D eigenvalue weighted by Gasteiger charge is -2.09. The van der Waals surface area contributed by atoms with Crippen molar-refractivity contribution < 1.29 is 4.74 Å². The largest absolute Gasteiger partial charge is 0.494 e. The van der Waals surface area contributed by atoms with Crippen molar-refractivity contribution in [1.29, 1.82) is 5.26 Å². The van der Waals surface area contributed by atoms with Crippen molar-refractivity contribution in [2.75, 3.05) is 6.61 Å². The molecule has 3 nitrogen and oxygen atoms in total. The Morgan fingerprint density at radius 3 is 2.94 bits per heavy atom. The summed E-state index contributed by atoms with van der Waals surface area (Å²) in [4.78, 5) is 0. The van der Waals surface area contributed by atoms with E-state index in [-0.39, 0.29) is 6.04 Å². The molecule has 0 amide bonds. The van der Waals surface area contributed by atoms with E-state index in [4.69, 9.17) is 15.7 Å². The Morgan fingerprint density at radius 2 is 2.25 bits per heavy atom. The lowest BCUT2D eigenvalue weighted by atomic mass is 10.1. The first-order chi connectivity index (χ1) is 7.74. The van der Waals surface area contributed by atoms with Crippen LogP contribution in [0.1, 0.15) is 37.8 Å². The fraction of sp³-hybridized carbons (Fsp3) is 0.462. The zero-order valence-electron chi connectivity index (χ0n) is 9.65. The van der Waals surface area contributed by atoms with Crippen LogP contribution in [0.25, 0.3) is 0 Å². The van der Waals surface area contributed by atoms with Crippen molar-refractivity contribution in [1.82, 2.24) is 0 Å². The van der Waals surface area contributed by atoms with Crippen molar-refractivity contribution >= 4 is 0 Å². The minimum atomic E-state index is 0.0298. The second-order valence-electron chi connectivity index (χ2n) is 3.82. The van der Waals surface area contributed by atoms with Crippen LogP contribution in [0.15, 0.2) is 24.3 Å². The molecule has 0 saturated carbocycles. The smallest absolute Gasteiger partial charge is 0.119 e. The number of rotatable bonds is 6. The number of benzene rings is 1. The Hall–Kier alpha value is -1.53. The Balaban J connectivity index is 2.37. The third-order valence-corrected chi connectivity index (χ3v) is 2.34. The van der Waals surface area contributed by atoms with Crippen LogP contribution >= 0.6 is 0 Å². The summed E-state index contributed by atoms with van der Waals surface area (Å²) in [6, 6.07) is 9.98. The first-order valence-corrected chi connectivity index (χ1v) is 5.59. The molecule has 1 rings (SSSR count). The van der Waals surface area contributed by atoms with E-state index in [0.717, 1.165) is 24.2 Å². The zero-order chi connectivity index (χ0) is 11.8. The molecule has 16 heavy (non-hydrogen) atoms. The van der Waals surface area contributed by atoms with E-state index in [1.54, 1.807) is 0 Å². The predicted molar refractivity (Wildman–Crippen MR) is 64.0 cm³/mol. The standard InChI is InChI=1S/C13H18N2O/c1-11(15)12-6-5-7-13(10-12)16-9-4-2-3-8-14/h5-7,10-11H,2-4,9,15H2,1H3/t11-/m1/s1. The number of hydrogen-bond donors (Lipinski definition) is 1. The molecular formula is C13H18N2O. The highest BCUT2D eigenvalue weighted by Gasteiger charge is 2.00. The van der Waals surface area contributed by atoms with Gasteiger partial charge in [0.25, 0.3) is 0 Å². The van der Waals surface area contributed by atoms with E-state index >= 15 is 0 Å². The Bertz CT molecular complexity index is 355. The topological polar surface area (TPSA) is 59.0 Å². The molecule has 0 aliphatic heterocycles. The number of nitriles is 1. The highest BCUT2D eigenvalue weighted by molar-refractivity contribution is 5.30. The average molecular weight is 218 g/mol. The second-order valence-corrected chi connectivity index (χ2v) is 3.82. The summed E-state index contributed by atoms with van der Waals surface area (Å²) in [6.07, 6.45) is 2.41. The van der Waals surface area contributed by atoms with Crippen molar-refractivity contribution in [2.24, 2.45) is 5.73 Å². The molecule has 0 spiro atoms. The number of ether oxygens (including phenoxy) is 1. The highest BCUT2D eigenvalue weighted by Crippen LogP contribution is 2.17. The van der Waals surface area contributed by atoms with Gasteiger partial charge in [-0.05, 0) is 37.5 Å². The molecule has 0 heterocycles. The highest BCUT2D eigenvalue weighted by atomic mass is 16.5. The molecule has 0 aliphatic carbocycles. The molecule has 3 heteroatoms. The summed E-state index contributed by atoms with van der Waals surface area (Å²) in [7, 11) is 0. The van der Waals surface area contributed by atoms with E-state index in [2.05, 4.69) is 6.07 Å². The van der Waals surface area contributed by atoms with Crippen molar-refractivity contribution in [3.8, 4) is 11.8 Å². The average Bonchev–Trinajstić information content (AvgIpc) is 2.29. The number of unbranched alkanes of at least 4 members (excludes halogenated alkanes) is 2. The zero-order valence-corrected chi connectivity index (χ0v) is 9.65. The third-order valence-electron chi connectivity index (χ3n) is 2.34. The summed E-state index contributed by atoms with van der Waals surface area (Å²) < 4.78 is 5.58. The molecule has 86 valence electrons. The molecule has 1 atom stereocenters. The van der Waals surface area contributed by atoms with E-state index in [9.17, 15) is 0 Å². The Labute approximate surface area is 96.8 Å². The van der Waals surface area contributed by atoms with Gasteiger partial charge in [0, 0.05) is 12.5 Å². The van der Waals surface area contributed by atoms with Gasteiger partial charge in [0.1, 0.15) is 5.75 Å². The summed E-state index contributed by atoms with van der Waals surface area (Å²) in [6.45, 7) is 2.61. The fourth-order valence-corrected chi connectivity index (χ4v) is 1.38. The summed E-state index contributed by atoms with van der Waals surface area (Å²) in [5.74, 6) is 0.853. The van der Waals surface area contributed by atoms with E-state index in [1.807, 2.05) is 31.2 Å². The number of hydrogen-bond acceptors (Lipinski definition) is 3. The molecule has 0 bridgehead atoms. The van der Waals surface area contributed by atoms with Gasteiger partial charge in [0.2, 0.25) is 0 Å². The maximum Gasteiger partial charge on any atom is 0.119 e. The normalized spacial score (nSPS) is 11.8. The number of nitrogens with two attached hydrogens (primary N) is 1. The monoisotopic (exact) mass is 218 g/mol. The molecule has 0 radical (unpaired) electrons. The van der Waals surface area contributed by atoms with Gasteiger partial charge in [-0.25, -0.2) is 0 Å². The van der Waals surface area contributed by atoms with Crippen LogP contribution in [0.2, 0.25) is 0 Å². The van der Waals surface area contributed by atoms with Crippen LogP contribution in [0.4, 0.5) is 0 Å². The van der Waals surface area contributed by atoms with Crippen molar-refractivity contribution in [3.63, 3.8) is 0 Å². The third kappa shape index (κ3) is 4.33. The second kappa shape index (κ2) is 6.86. The maximum absolute atomic E-state index is 8.38. The van der Waals surface area contributed by atoms with Crippen LogP contribution in [-0.4, -0.2) is 6.61 Å². The van der Waals surface area contributed by atoms with Crippen LogP contribution < -0.4 is 10.5 Å². The lowest BCUT2D eigenvalue weighted by Crippen LogP contribution is -2.05. The minimum absolute atomic E-state index is 0.0298. The molecule has 1 aromatic rings. The van der Waals surface area contributed by atoms with Gasteiger partial charge in [0.05, 0.1) is 12.7 Å². The van der Waals surface area contributed by atoms with Gasteiger partial charge in [-0.3, -0.25) is 0 Å². The van der Waals surface area contributed by atoms with E-state index < -0.39 is 0 Å². The van der Waals surface area contributed by atoms with Crippen LogP contribution in [0.3, 0.4) is 0 Å². The molecular weight excluding hydrogens is 200 g/mol. The first-order valence-electron chi connectivity index (χ1n) is 5.59. The van der Waals surface area contributed by atoms with Gasteiger partial charge < -0.3 is 10.5 Å². The molecule has 0 aliphatic rings. The van der Waals surface area contributed by atoms with Gasteiger partial charge in [0.15, 0.2) is 0 Å². The van der Waals surface area contributed by atoms with Gasteiger partial charge in [-0.2, -0.15) is 5.26 Å². The summed E-state index contributed by atoms with van der Waals surface area (Å²) >= 11 is 0. The first kappa shape index (κ1) is 12.5. The number of nitrogens with zero attached hydrogens (tertiary/aromatic N) is 1. The predicted octanol–water partition coefficient (Wildman–Crippen LogP) is 2.78. The van der Waals surface area contributed by atoms with Gasteiger partial charge >= 0.3 is 0 Å². The fourth-order valence-electron chi connectivity index (χ4n) is 1.38. The maximum atomic E-state index is 8.38. The summed E-state index contributed by atoms with van der Waals surface area (Å²) in [5, 5.41) is 8.38. The molecule has 1 aromatic carbocycles. The quantitative estimate of drug-likeness (QED) is 0.747. The van der Waals surface area contributed by atoms with Crippen molar-refractivity contribution in [2.45, 2.75) is 32.2 Å². The minimum Gasteiger partial charge on any atom is -0.494 e. The SMILES string of the molecule is C[C@@H](N)c1cccc(OCCCCC#N)c1. The van der Waals surface area contributed by atoms with E-state index in [0.29, 0.717) is 13.0 Å². The van der Waals surface area contributed by atoms with Crippen LogP contribution in [-0.2, 0) is 0 Å². The molecule has 0 unspecified atom stereocenters. The van der Waals surface area contributed by atoms with Crippen LogP contribution in [0, 0.1) is 11.3 Å². The summed E-state index contributed by atoms with van der Waals surface area (Å²) in [5.41, 5.74) is 6.86. The van der Waals surface area contributed by atoms with Crippen molar-refractivity contribution in [3.05, 3.63) is 29.8 Å². The molecule has 0 fully saturated rings.